The van der Waals surface area contributed by atoms with Gasteiger partial charge in [0.2, 0.25) is 0 Å². The summed E-state index contributed by atoms with van der Waals surface area (Å²) in [5, 5.41) is 0. The van der Waals surface area contributed by atoms with E-state index in [2.05, 4.69) is 0 Å². The highest BCUT2D eigenvalue weighted by molar-refractivity contribution is 6.00. The second-order valence-electron chi connectivity index (χ2n) is 7.70. The fraction of sp³-hybridized carbons (Fsp3) is 0.550. The van der Waals surface area contributed by atoms with E-state index in [1.165, 1.54) is 4.90 Å². The Morgan fingerprint density at radius 1 is 1.21 bits per heavy atom. The number of nitrogens with zero attached hydrogens (tertiary/aromatic N) is 1. The molecule has 0 radical (unpaired) electrons. The summed E-state index contributed by atoms with van der Waals surface area (Å²) < 4.78 is 37.9. The molecule has 8 heteroatoms. The van der Waals surface area contributed by atoms with Crippen LogP contribution in [0, 0.1) is 11.6 Å². The van der Waals surface area contributed by atoms with E-state index in [0.717, 1.165) is 18.2 Å². The van der Waals surface area contributed by atoms with Gasteiger partial charge in [0.15, 0.2) is 5.78 Å². The van der Waals surface area contributed by atoms with Crippen molar-refractivity contribution >= 4 is 17.8 Å². The summed E-state index contributed by atoms with van der Waals surface area (Å²) in [5.41, 5.74) is -0.714. The third-order valence-corrected chi connectivity index (χ3v) is 4.32. The van der Waals surface area contributed by atoms with Gasteiger partial charge in [0.1, 0.15) is 23.7 Å². The highest BCUT2D eigenvalue weighted by Gasteiger charge is 2.43. The number of hydrogen-bond donors (Lipinski definition) is 0. The summed E-state index contributed by atoms with van der Waals surface area (Å²) in [5.74, 6) is -3.05. The van der Waals surface area contributed by atoms with E-state index in [1.54, 1.807) is 27.7 Å². The molecule has 1 fully saturated rings. The number of ketones is 1. The number of Topliss-reactive ketones (excluding diaryl/α,β-unsaturated/α-hetero) is 1. The third kappa shape index (κ3) is 5.50. The lowest BCUT2D eigenvalue weighted by Gasteiger charge is -2.27. The number of carbonyl (C=O) groups excluding carboxylic acids is 3. The molecule has 154 valence electrons. The molecule has 1 aliphatic rings. The van der Waals surface area contributed by atoms with Crippen LogP contribution in [0.2, 0.25) is 0 Å². The molecule has 0 aliphatic carbocycles. The predicted molar refractivity (Wildman–Crippen MR) is 96.7 cm³/mol. The van der Waals surface area contributed by atoms with E-state index in [-0.39, 0.29) is 25.1 Å². The lowest BCUT2D eigenvalue weighted by molar-refractivity contribution is -0.146. The molecule has 0 N–H and O–H groups in total. The van der Waals surface area contributed by atoms with Gasteiger partial charge in [0.05, 0.1) is 12.6 Å². The molecule has 0 bridgehead atoms. The Labute approximate surface area is 162 Å². The number of esters is 1. The van der Waals surface area contributed by atoms with Crippen LogP contribution >= 0.6 is 0 Å². The molecule has 2 rings (SSSR count). The Kier molecular flexibility index (Phi) is 6.74. The highest BCUT2D eigenvalue weighted by Crippen LogP contribution is 2.35. The van der Waals surface area contributed by atoms with Crippen LogP contribution in [-0.4, -0.2) is 47.5 Å². The zero-order chi connectivity index (χ0) is 21.1. The summed E-state index contributed by atoms with van der Waals surface area (Å²) in [6, 6.07) is 2.09. The first-order valence-electron chi connectivity index (χ1n) is 9.14. The molecule has 1 amide bonds. The summed E-state index contributed by atoms with van der Waals surface area (Å²) in [7, 11) is 0. The van der Waals surface area contributed by atoms with Crippen molar-refractivity contribution in [2.24, 2.45) is 0 Å². The average Bonchev–Trinajstić information content (AvgIpc) is 3.01. The number of carbonyl (C=O) groups is 3. The number of ether oxygens (including phenoxy) is 2. The number of rotatable bonds is 5. The fourth-order valence-corrected chi connectivity index (χ4v) is 3.19. The maximum Gasteiger partial charge on any atom is 0.410 e. The van der Waals surface area contributed by atoms with Crippen LogP contribution in [0.25, 0.3) is 0 Å². The van der Waals surface area contributed by atoms with Gasteiger partial charge in [0.25, 0.3) is 0 Å². The topological polar surface area (TPSA) is 72.9 Å². The number of halogens is 2. The molecule has 1 aliphatic heterocycles. The van der Waals surface area contributed by atoms with E-state index in [4.69, 9.17) is 9.47 Å². The van der Waals surface area contributed by atoms with Crippen LogP contribution in [0.1, 0.15) is 52.0 Å². The molecule has 1 aromatic rings. The number of benzene rings is 1. The quantitative estimate of drug-likeness (QED) is 0.561. The third-order valence-electron chi connectivity index (χ3n) is 4.32. The lowest BCUT2D eigenvalue weighted by Crippen LogP contribution is -2.44. The normalized spacial score (nSPS) is 19.4. The van der Waals surface area contributed by atoms with E-state index in [0.29, 0.717) is 0 Å². The van der Waals surface area contributed by atoms with Crippen molar-refractivity contribution in [2.45, 2.75) is 58.1 Å². The van der Waals surface area contributed by atoms with E-state index < -0.39 is 53.5 Å². The zero-order valence-corrected chi connectivity index (χ0v) is 16.5. The Balaban J connectivity index is 2.27. The van der Waals surface area contributed by atoms with Crippen molar-refractivity contribution in [3.05, 3.63) is 35.4 Å². The van der Waals surface area contributed by atoms with E-state index >= 15 is 0 Å². The molecule has 0 saturated carbocycles. The van der Waals surface area contributed by atoms with E-state index in [1.807, 2.05) is 0 Å². The van der Waals surface area contributed by atoms with Gasteiger partial charge in [-0.2, -0.15) is 0 Å². The van der Waals surface area contributed by atoms with E-state index in [9.17, 15) is 23.2 Å². The second-order valence-corrected chi connectivity index (χ2v) is 7.70. The molecule has 1 saturated heterocycles. The monoisotopic (exact) mass is 397 g/mol. The van der Waals surface area contributed by atoms with Crippen LogP contribution in [0.15, 0.2) is 18.2 Å². The molecule has 1 heterocycles. The van der Waals surface area contributed by atoms with Gasteiger partial charge in [-0.05, 0) is 57.9 Å². The van der Waals surface area contributed by atoms with Gasteiger partial charge in [-0.3, -0.25) is 14.5 Å². The van der Waals surface area contributed by atoms with Crippen LogP contribution in [-0.2, 0) is 19.1 Å². The molecular formula is C20H25F2NO5. The van der Waals surface area contributed by atoms with Crippen molar-refractivity contribution in [3.8, 4) is 0 Å². The molecule has 2 atom stereocenters. The van der Waals surface area contributed by atoms with Gasteiger partial charge in [-0.15, -0.1) is 0 Å². The Bertz CT molecular complexity index is 759. The zero-order valence-electron chi connectivity index (χ0n) is 16.5. The first kappa shape index (κ1) is 21.8. The molecule has 1 unspecified atom stereocenters. The van der Waals surface area contributed by atoms with Gasteiger partial charge >= 0.3 is 12.1 Å². The van der Waals surface area contributed by atoms with Crippen molar-refractivity contribution in [1.82, 2.24) is 4.90 Å². The minimum atomic E-state index is -0.980. The van der Waals surface area contributed by atoms with Crippen molar-refractivity contribution in [1.29, 1.82) is 0 Å². The molecule has 0 aromatic heterocycles. The minimum absolute atomic E-state index is 0.0193. The maximum atomic E-state index is 14.2. The van der Waals surface area contributed by atoms with Gasteiger partial charge in [0, 0.05) is 12.5 Å². The number of hydrogen-bond acceptors (Lipinski definition) is 5. The van der Waals surface area contributed by atoms with Gasteiger partial charge in [-0.25, -0.2) is 13.6 Å². The summed E-state index contributed by atoms with van der Waals surface area (Å²) in [4.78, 5) is 38.1. The standard InChI is InChI=1S/C20H25F2NO5/c1-5-27-18(25)10-17(24)16-8-12(14-9-13(21)6-7-15(14)22)11-23(16)19(26)28-20(2,3)4/h6-7,9,12,16H,5,8,10-11H2,1-4H3/t12-,16?/m0/s1. The molecule has 1 aromatic carbocycles. The summed E-state index contributed by atoms with van der Waals surface area (Å²) in [6.45, 7) is 6.77. The van der Waals surface area contributed by atoms with Crippen LogP contribution < -0.4 is 0 Å². The predicted octanol–water partition coefficient (Wildman–Crippen LogP) is 3.58. The summed E-state index contributed by atoms with van der Waals surface area (Å²) >= 11 is 0. The maximum absolute atomic E-state index is 14.2. The second kappa shape index (κ2) is 8.67. The van der Waals surface area contributed by atoms with Crippen molar-refractivity contribution < 1.29 is 32.6 Å². The largest absolute Gasteiger partial charge is 0.466 e. The minimum Gasteiger partial charge on any atom is -0.466 e. The van der Waals surface area contributed by atoms with Crippen LogP contribution in [0.5, 0.6) is 0 Å². The van der Waals surface area contributed by atoms with Crippen LogP contribution in [0.3, 0.4) is 0 Å². The first-order valence-corrected chi connectivity index (χ1v) is 9.14. The molecule has 28 heavy (non-hydrogen) atoms. The van der Waals surface area contributed by atoms with Crippen LogP contribution in [0.4, 0.5) is 13.6 Å². The van der Waals surface area contributed by atoms with Gasteiger partial charge < -0.3 is 9.47 Å². The van der Waals surface area contributed by atoms with Crippen molar-refractivity contribution in [3.63, 3.8) is 0 Å². The summed E-state index contributed by atoms with van der Waals surface area (Å²) in [6.07, 6.45) is -1.18. The average molecular weight is 397 g/mol. The highest BCUT2D eigenvalue weighted by atomic mass is 19.1. The molecular weight excluding hydrogens is 372 g/mol. The Morgan fingerprint density at radius 2 is 1.89 bits per heavy atom. The smallest absolute Gasteiger partial charge is 0.410 e. The van der Waals surface area contributed by atoms with Gasteiger partial charge in [-0.1, -0.05) is 0 Å². The van der Waals surface area contributed by atoms with Crippen molar-refractivity contribution in [2.75, 3.05) is 13.2 Å². The molecule has 0 spiro atoms. The molecule has 6 nitrogen and oxygen atoms in total. The SMILES string of the molecule is CCOC(=O)CC(=O)C1C[C@H](c2cc(F)ccc2F)CN1C(=O)OC(C)(C)C. The lowest BCUT2D eigenvalue weighted by atomic mass is 9.94. The first-order chi connectivity index (χ1) is 13.0. The fourth-order valence-electron chi connectivity index (χ4n) is 3.19. The number of likely N-dealkylation sites (tertiary alicyclic amines) is 1. The Hall–Kier alpha value is -2.51. The number of amides is 1. The Morgan fingerprint density at radius 3 is 2.50 bits per heavy atom.